The summed E-state index contributed by atoms with van der Waals surface area (Å²) in [4.78, 5) is 0. The van der Waals surface area contributed by atoms with Crippen LogP contribution in [0.3, 0.4) is 0 Å². The monoisotopic (exact) mass is 355 g/mol. The van der Waals surface area contributed by atoms with Crippen molar-refractivity contribution in [2.75, 3.05) is 18.9 Å². The summed E-state index contributed by atoms with van der Waals surface area (Å²) in [6.07, 6.45) is 0. The van der Waals surface area contributed by atoms with E-state index in [4.69, 9.17) is 9.26 Å². The molecule has 1 atom stereocenters. The van der Waals surface area contributed by atoms with Crippen molar-refractivity contribution in [3.05, 3.63) is 53.0 Å². The molecule has 0 aliphatic rings. The summed E-state index contributed by atoms with van der Waals surface area (Å²) in [6, 6.07) is 14.4. The van der Waals surface area contributed by atoms with Gasteiger partial charge in [-0.1, -0.05) is 22.0 Å². The first kappa shape index (κ1) is 14.9. The summed E-state index contributed by atoms with van der Waals surface area (Å²) in [6.45, 7) is 1.54. The molecule has 0 fully saturated rings. The molecule has 4 nitrogen and oxygen atoms in total. The molecule has 1 N–H and O–H groups in total. The second kappa shape index (κ2) is 6.33. The standard InChI is InChI=1S/C14H15BrNO3P/c1-18-13-6-8-14(9-7-13)19-20(2,17)16-12-5-3-4-11(15)10-12/h3-10H,1-2H3,(H,16,17). The van der Waals surface area contributed by atoms with Gasteiger partial charge in [-0.25, -0.2) is 0 Å². The van der Waals surface area contributed by atoms with Gasteiger partial charge in [0.15, 0.2) is 0 Å². The lowest BCUT2D eigenvalue weighted by atomic mass is 10.3. The molecule has 0 saturated heterocycles. The van der Waals surface area contributed by atoms with E-state index in [9.17, 15) is 4.57 Å². The van der Waals surface area contributed by atoms with Crippen LogP contribution in [0, 0.1) is 0 Å². The normalized spacial score (nSPS) is 13.3. The Morgan fingerprint density at radius 2 is 1.75 bits per heavy atom. The van der Waals surface area contributed by atoms with Gasteiger partial charge in [0.05, 0.1) is 7.11 Å². The largest absolute Gasteiger partial charge is 0.497 e. The van der Waals surface area contributed by atoms with E-state index < -0.39 is 7.52 Å². The van der Waals surface area contributed by atoms with Crippen LogP contribution in [-0.4, -0.2) is 13.8 Å². The number of nitrogens with one attached hydrogen (secondary N) is 1. The minimum absolute atomic E-state index is 0.527. The van der Waals surface area contributed by atoms with E-state index in [2.05, 4.69) is 21.0 Å². The quantitative estimate of drug-likeness (QED) is 0.784. The second-order valence-electron chi connectivity index (χ2n) is 4.23. The molecular formula is C14H15BrNO3P. The van der Waals surface area contributed by atoms with E-state index in [-0.39, 0.29) is 0 Å². The van der Waals surface area contributed by atoms with Gasteiger partial charge >= 0.3 is 7.52 Å². The van der Waals surface area contributed by atoms with Crippen molar-refractivity contribution in [3.63, 3.8) is 0 Å². The van der Waals surface area contributed by atoms with Crippen molar-refractivity contribution in [1.82, 2.24) is 0 Å². The zero-order valence-corrected chi connectivity index (χ0v) is 13.6. The molecule has 106 valence electrons. The lowest BCUT2D eigenvalue weighted by molar-refractivity contribution is 0.413. The van der Waals surface area contributed by atoms with Crippen LogP contribution in [0.4, 0.5) is 5.69 Å². The topological polar surface area (TPSA) is 47.6 Å². The Morgan fingerprint density at radius 3 is 2.35 bits per heavy atom. The Balaban J connectivity index is 2.08. The lowest BCUT2D eigenvalue weighted by Crippen LogP contribution is -2.02. The number of hydrogen-bond acceptors (Lipinski definition) is 3. The van der Waals surface area contributed by atoms with Gasteiger partial charge < -0.3 is 14.3 Å². The Labute approximate surface area is 126 Å². The van der Waals surface area contributed by atoms with Crippen LogP contribution < -0.4 is 14.3 Å². The minimum Gasteiger partial charge on any atom is -0.497 e. The van der Waals surface area contributed by atoms with Gasteiger partial charge in [0, 0.05) is 16.8 Å². The molecule has 20 heavy (non-hydrogen) atoms. The third-order valence-electron chi connectivity index (χ3n) is 2.50. The number of benzene rings is 2. The number of halogens is 1. The van der Waals surface area contributed by atoms with Gasteiger partial charge in [-0.05, 0) is 42.5 Å². The first-order valence-electron chi connectivity index (χ1n) is 5.93. The first-order valence-corrected chi connectivity index (χ1v) is 8.80. The van der Waals surface area contributed by atoms with Crippen molar-refractivity contribution < 1.29 is 13.8 Å². The molecule has 2 aromatic carbocycles. The predicted octanol–water partition coefficient (Wildman–Crippen LogP) is 4.77. The molecule has 6 heteroatoms. The highest BCUT2D eigenvalue weighted by Gasteiger charge is 2.17. The Morgan fingerprint density at radius 1 is 1.10 bits per heavy atom. The Bertz CT molecular complexity index is 631. The molecule has 0 amide bonds. The molecule has 0 bridgehead atoms. The SMILES string of the molecule is COc1ccc(OP(C)(=O)Nc2cccc(Br)c2)cc1. The maximum atomic E-state index is 12.4. The average molecular weight is 356 g/mol. The highest BCUT2D eigenvalue weighted by Crippen LogP contribution is 2.43. The summed E-state index contributed by atoms with van der Waals surface area (Å²) in [5.41, 5.74) is 0.735. The van der Waals surface area contributed by atoms with Crippen LogP contribution in [0.5, 0.6) is 11.5 Å². The van der Waals surface area contributed by atoms with Gasteiger partial charge in [0.25, 0.3) is 0 Å². The zero-order chi connectivity index (χ0) is 14.6. The van der Waals surface area contributed by atoms with E-state index in [0.29, 0.717) is 5.75 Å². The molecule has 0 aromatic heterocycles. The summed E-state index contributed by atoms with van der Waals surface area (Å²) in [5.74, 6) is 1.25. The Hall–Kier alpha value is -1.45. The van der Waals surface area contributed by atoms with Crippen LogP contribution in [0.15, 0.2) is 53.0 Å². The summed E-state index contributed by atoms with van der Waals surface area (Å²) in [5, 5.41) is 2.91. The lowest BCUT2D eigenvalue weighted by Gasteiger charge is -2.17. The zero-order valence-electron chi connectivity index (χ0n) is 11.2. The van der Waals surface area contributed by atoms with Gasteiger partial charge in [0.2, 0.25) is 0 Å². The van der Waals surface area contributed by atoms with Crippen molar-refractivity contribution in [2.24, 2.45) is 0 Å². The second-order valence-corrected chi connectivity index (χ2v) is 7.25. The molecule has 0 radical (unpaired) electrons. The van der Waals surface area contributed by atoms with Crippen molar-refractivity contribution in [1.29, 1.82) is 0 Å². The van der Waals surface area contributed by atoms with Crippen LogP contribution in [0.1, 0.15) is 0 Å². The average Bonchev–Trinajstić information content (AvgIpc) is 2.38. The molecule has 0 spiro atoms. The maximum Gasteiger partial charge on any atom is 0.338 e. The number of ether oxygens (including phenoxy) is 1. The van der Waals surface area contributed by atoms with Gasteiger partial charge in [0.1, 0.15) is 11.5 Å². The molecule has 0 saturated carbocycles. The molecule has 0 aliphatic heterocycles. The fraction of sp³-hybridized carbons (Fsp3) is 0.143. The number of rotatable bonds is 5. The summed E-state index contributed by atoms with van der Waals surface area (Å²) >= 11 is 3.37. The first-order chi connectivity index (χ1) is 9.48. The number of anilines is 1. The summed E-state index contributed by atoms with van der Waals surface area (Å²) < 4.78 is 23.9. The third kappa shape index (κ3) is 4.29. The van der Waals surface area contributed by atoms with E-state index in [1.54, 1.807) is 31.4 Å². The van der Waals surface area contributed by atoms with Gasteiger partial charge in [-0.15, -0.1) is 0 Å². The molecule has 1 unspecified atom stereocenters. The van der Waals surface area contributed by atoms with E-state index in [1.165, 1.54) is 6.66 Å². The highest BCUT2D eigenvalue weighted by atomic mass is 79.9. The van der Waals surface area contributed by atoms with Crippen molar-refractivity contribution in [2.45, 2.75) is 0 Å². The van der Waals surface area contributed by atoms with Crippen LogP contribution in [-0.2, 0) is 4.57 Å². The molecular weight excluding hydrogens is 341 g/mol. The molecule has 0 heterocycles. The van der Waals surface area contributed by atoms with Gasteiger partial charge in [-0.2, -0.15) is 0 Å². The maximum absolute atomic E-state index is 12.4. The minimum atomic E-state index is -2.99. The van der Waals surface area contributed by atoms with Crippen molar-refractivity contribution in [3.8, 4) is 11.5 Å². The Kier molecular flexibility index (Phi) is 4.73. The smallest absolute Gasteiger partial charge is 0.338 e. The molecule has 2 rings (SSSR count). The third-order valence-corrected chi connectivity index (χ3v) is 4.21. The van der Waals surface area contributed by atoms with Crippen LogP contribution in [0.25, 0.3) is 0 Å². The van der Waals surface area contributed by atoms with Gasteiger partial charge in [-0.3, -0.25) is 4.57 Å². The fourth-order valence-electron chi connectivity index (χ4n) is 1.65. The van der Waals surface area contributed by atoms with Crippen LogP contribution in [0.2, 0.25) is 0 Å². The van der Waals surface area contributed by atoms with Crippen LogP contribution >= 0.6 is 23.4 Å². The predicted molar refractivity (Wildman–Crippen MR) is 84.9 cm³/mol. The highest BCUT2D eigenvalue weighted by molar-refractivity contribution is 9.10. The fourth-order valence-corrected chi connectivity index (χ4v) is 3.23. The van der Waals surface area contributed by atoms with E-state index in [1.807, 2.05) is 24.3 Å². The molecule has 0 aliphatic carbocycles. The summed E-state index contributed by atoms with van der Waals surface area (Å²) in [7, 11) is -1.40. The van der Waals surface area contributed by atoms with E-state index >= 15 is 0 Å². The number of hydrogen-bond donors (Lipinski definition) is 1. The number of methoxy groups -OCH3 is 1. The van der Waals surface area contributed by atoms with E-state index in [0.717, 1.165) is 15.9 Å². The molecule has 2 aromatic rings. The van der Waals surface area contributed by atoms with Crippen molar-refractivity contribution >= 4 is 29.1 Å².